The maximum atomic E-state index is 12.1. The van der Waals surface area contributed by atoms with Crippen LogP contribution in [0.25, 0.3) is 0 Å². The van der Waals surface area contributed by atoms with Gasteiger partial charge in [0.05, 0.1) is 34.9 Å². The molecule has 1 fully saturated rings. The van der Waals surface area contributed by atoms with E-state index in [4.69, 9.17) is 26.8 Å². The summed E-state index contributed by atoms with van der Waals surface area (Å²) in [6.45, 7) is 4.55. The maximum absolute atomic E-state index is 12.1. The predicted molar refractivity (Wildman–Crippen MR) is 131 cm³/mol. The summed E-state index contributed by atoms with van der Waals surface area (Å²) in [4.78, 5) is 33.6. The van der Waals surface area contributed by atoms with Gasteiger partial charge < -0.3 is 25.4 Å². The molecule has 182 valence electrons. The molecule has 0 saturated carbocycles. The molecule has 2 aromatic carbocycles. The number of nitrogens with two attached hydrogens (primary N) is 1. The Morgan fingerprint density at radius 2 is 2.03 bits per heavy atom. The summed E-state index contributed by atoms with van der Waals surface area (Å²) in [6, 6.07) is 11.1. The van der Waals surface area contributed by atoms with Crippen molar-refractivity contribution in [3.05, 3.63) is 69.0 Å². The van der Waals surface area contributed by atoms with Crippen LogP contribution in [-0.2, 0) is 11.2 Å². The van der Waals surface area contributed by atoms with Gasteiger partial charge in [0.15, 0.2) is 11.5 Å². The number of rotatable bonds is 8. The van der Waals surface area contributed by atoms with E-state index in [-0.39, 0.29) is 28.8 Å². The zero-order valence-electron chi connectivity index (χ0n) is 18.9. The van der Waals surface area contributed by atoms with Crippen molar-refractivity contribution in [1.82, 2.24) is 9.97 Å². The number of benzene rings is 2. The van der Waals surface area contributed by atoms with Crippen molar-refractivity contribution in [2.75, 3.05) is 36.5 Å². The lowest BCUT2D eigenvalue weighted by Gasteiger charge is -2.29. The highest BCUT2D eigenvalue weighted by Gasteiger charge is 2.20. The van der Waals surface area contributed by atoms with Crippen molar-refractivity contribution in [1.29, 1.82) is 0 Å². The second kappa shape index (κ2) is 10.5. The van der Waals surface area contributed by atoms with Gasteiger partial charge in [0.25, 0.3) is 11.6 Å². The van der Waals surface area contributed by atoms with Gasteiger partial charge in [-0.2, -0.15) is 4.98 Å². The molecule has 3 N–H and O–H groups in total. The minimum atomic E-state index is -0.771. The van der Waals surface area contributed by atoms with Crippen LogP contribution in [0.4, 0.5) is 22.9 Å². The van der Waals surface area contributed by atoms with Crippen molar-refractivity contribution in [3.8, 4) is 11.6 Å². The molecule has 12 heteroatoms. The molecule has 1 saturated heterocycles. The number of nitro benzene ring substituents is 1. The highest BCUT2D eigenvalue weighted by atomic mass is 35.5. The van der Waals surface area contributed by atoms with Crippen LogP contribution in [0, 0.1) is 10.1 Å². The van der Waals surface area contributed by atoms with E-state index in [1.54, 1.807) is 18.2 Å². The van der Waals surface area contributed by atoms with Crippen LogP contribution in [0.5, 0.6) is 11.6 Å². The summed E-state index contributed by atoms with van der Waals surface area (Å²) in [6.07, 6.45) is 0.387. The Kier molecular flexibility index (Phi) is 7.28. The van der Waals surface area contributed by atoms with E-state index in [9.17, 15) is 14.9 Å². The number of ether oxygens (including phenoxy) is 2. The molecular weight excluding hydrogens is 476 g/mol. The minimum absolute atomic E-state index is 0.0679. The van der Waals surface area contributed by atoms with Crippen LogP contribution in [0.1, 0.15) is 23.1 Å². The zero-order chi connectivity index (χ0) is 24.9. The monoisotopic (exact) mass is 498 g/mol. The fraction of sp³-hybridized carbons (Fsp3) is 0.261. The van der Waals surface area contributed by atoms with E-state index in [2.05, 4.69) is 20.2 Å². The molecular formula is C23H23ClN6O5. The van der Waals surface area contributed by atoms with Crippen LogP contribution >= 0.6 is 11.6 Å². The number of primary amides is 1. The van der Waals surface area contributed by atoms with E-state index >= 15 is 0 Å². The van der Waals surface area contributed by atoms with Gasteiger partial charge in [-0.3, -0.25) is 14.9 Å². The third-order valence-corrected chi connectivity index (χ3v) is 5.61. The zero-order valence-corrected chi connectivity index (χ0v) is 19.6. The van der Waals surface area contributed by atoms with Crippen LogP contribution in [0.2, 0.25) is 5.02 Å². The fourth-order valence-electron chi connectivity index (χ4n) is 3.58. The normalized spacial score (nSPS) is 13.4. The number of carbonyl (C=O) groups is 1. The maximum Gasteiger partial charge on any atom is 0.273 e. The first-order valence-electron chi connectivity index (χ1n) is 10.9. The van der Waals surface area contributed by atoms with E-state index in [1.165, 1.54) is 18.2 Å². The quantitative estimate of drug-likeness (QED) is 0.346. The molecule has 1 aliphatic rings. The fourth-order valence-corrected chi connectivity index (χ4v) is 3.88. The Bertz CT molecular complexity index is 1270. The number of halogens is 1. The largest absolute Gasteiger partial charge is 0.437 e. The molecule has 0 bridgehead atoms. The van der Waals surface area contributed by atoms with Crippen molar-refractivity contribution >= 4 is 40.4 Å². The number of non-ortho nitro benzene ring substituents is 1. The third kappa shape index (κ3) is 5.58. The van der Waals surface area contributed by atoms with Gasteiger partial charge >= 0.3 is 0 Å². The van der Waals surface area contributed by atoms with Gasteiger partial charge in [-0.05, 0) is 30.7 Å². The summed E-state index contributed by atoms with van der Waals surface area (Å²) < 4.78 is 11.2. The second-order valence-corrected chi connectivity index (χ2v) is 8.04. The molecule has 2 heterocycles. The lowest BCUT2D eigenvalue weighted by molar-refractivity contribution is -0.384. The molecule has 0 aliphatic carbocycles. The Labute approximate surface area is 206 Å². The van der Waals surface area contributed by atoms with Gasteiger partial charge in [0.2, 0.25) is 5.88 Å². The number of amides is 1. The minimum Gasteiger partial charge on any atom is -0.437 e. The molecule has 1 aromatic heterocycles. The number of anilines is 3. The van der Waals surface area contributed by atoms with E-state index in [0.717, 1.165) is 18.8 Å². The third-order valence-electron chi connectivity index (χ3n) is 5.30. The van der Waals surface area contributed by atoms with Crippen LogP contribution < -0.4 is 20.7 Å². The van der Waals surface area contributed by atoms with E-state index in [1.807, 2.05) is 13.0 Å². The first-order chi connectivity index (χ1) is 16.9. The highest BCUT2D eigenvalue weighted by Crippen LogP contribution is 2.33. The first kappa shape index (κ1) is 24.2. The molecule has 0 unspecified atom stereocenters. The standard InChI is InChI=1S/C23H23ClN6O5/c1-2-18-23(35-16-5-3-4-15(13-16)30(32)33)28-22(20(27-18)21(25)31)26-14-6-7-19(17(24)12-14)29-8-10-34-11-9-29/h3-7,12-13H,2,8-11H2,1H3,(H2,25,31)(H,26,28). The lowest BCUT2D eigenvalue weighted by atomic mass is 10.2. The van der Waals surface area contributed by atoms with Gasteiger partial charge in [0.1, 0.15) is 11.4 Å². The summed E-state index contributed by atoms with van der Waals surface area (Å²) in [7, 11) is 0. The molecule has 0 radical (unpaired) electrons. The number of nitro groups is 1. The molecule has 0 atom stereocenters. The van der Waals surface area contributed by atoms with E-state index in [0.29, 0.717) is 36.0 Å². The Hall–Kier alpha value is -3.96. The predicted octanol–water partition coefficient (Wildman–Crippen LogP) is 4.07. The number of hydrogen-bond acceptors (Lipinski definition) is 9. The molecule has 3 aromatic rings. The number of hydrogen-bond donors (Lipinski definition) is 2. The second-order valence-electron chi connectivity index (χ2n) is 7.64. The summed E-state index contributed by atoms with van der Waals surface area (Å²) in [5.41, 5.74) is 7.17. The molecule has 35 heavy (non-hydrogen) atoms. The number of aromatic nitrogens is 2. The Morgan fingerprint density at radius 3 is 2.69 bits per heavy atom. The smallest absolute Gasteiger partial charge is 0.273 e. The Balaban J connectivity index is 1.66. The van der Waals surface area contributed by atoms with Crippen molar-refractivity contribution in [2.24, 2.45) is 5.73 Å². The average molecular weight is 499 g/mol. The topological polar surface area (TPSA) is 146 Å². The SMILES string of the molecule is CCc1nc(C(N)=O)c(Nc2ccc(N3CCOCC3)c(Cl)c2)nc1Oc1cccc([N+](=O)[O-])c1. The van der Waals surface area contributed by atoms with Crippen LogP contribution in [0.3, 0.4) is 0 Å². The van der Waals surface area contributed by atoms with Crippen LogP contribution in [0.15, 0.2) is 42.5 Å². The van der Waals surface area contributed by atoms with Gasteiger partial charge in [-0.1, -0.05) is 24.6 Å². The summed E-state index contributed by atoms with van der Waals surface area (Å²) in [5.74, 6) is -0.395. The van der Waals surface area contributed by atoms with Gasteiger partial charge in [-0.25, -0.2) is 4.98 Å². The number of nitrogens with one attached hydrogen (secondary N) is 1. The first-order valence-corrected chi connectivity index (χ1v) is 11.3. The Morgan fingerprint density at radius 1 is 1.26 bits per heavy atom. The number of morpholine rings is 1. The summed E-state index contributed by atoms with van der Waals surface area (Å²) >= 11 is 6.53. The highest BCUT2D eigenvalue weighted by molar-refractivity contribution is 6.33. The molecule has 11 nitrogen and oxygen atoms in total. The molecule has 1 amide bonds. The van der Waals surface area contributed by atoms with Crippen LogP contribution in [-0.4, -0.2) is 47.1 Å². The van der Waals surface area contributed by atoms with Crippen molar-refractivity contribution < 1.29 is 19.2 Å². The van der Waals surface area contributed by atoms with Crippen molar-refractivity contribution in [3.63, 3.8) is 0 Å². The molecule has 1 aliphatic heterocycles. The number of carbonyl (C=O) groups excluding carboxylic acids is 1. The molecule has 0 spiro atoms. The lowest BCUT2D eigenvalue weighted by Crippen LogP contribution is -2.36. The number of nitrogens with zero attached hydrogens (tertiary/aromatic N) is 4. The van der Waals surface area contributed by atoms with E-state index < -0.39 is 10.8 Å². The van der Waals surface area contributed by atoms with Gasteiger partial charge in [0, 0.05) is 24.8 Å². The number of aryl methyl sites for hydroxylation is 1. The average Bonchev–Trinajstić information content (AvgIpc) is 2.85. The molecule has 4 rings (SSSR count). The summed E-state index contributed by atoms with van der Waals surface area (Å²) in [5, 5.41) is 14.7. The van der Waals surface area contributed by atoms with Gasteiger partial charge in [-0.15, -0.1) is 0 Å². The van der Waals surface area contributed by atoms with Crippen molar-refractivity contribution in [2.45, 2.75) is 13.3 Å².